The first-order chi connectivity index (χ1) is 14.5. The van der Waals surface area contributed by atoms with Gasteiger partial charge < -0.3 is 19.9 Å². The van der Waals surface area contributed by atoms with Crippen molar-refractivity contribution < 1.29 is 14.3 Å². The van der Waals surface area contributed by atoms with Crippen molar-refractivity contribution in [2.45, 2.75) is 19.0 Å². The van der Waals surface area contributed by atoms with E-state index in [4.69, 9.17) is 4.74 Å². The molecule has 0 saturated carbocycles. The lowest BCUT2D eigenvalue weighted by Crippen LogP contribution is -2.54. The maximum atomic E-state index is 13.1. The third kappa shape index (κ3) is 5.48. The molecular formula is C24H29N3O3. The number of hydrogen-bond donors (Lipinski definition) is 1. The second-order valence-corrected chi connectivity index (χ2v) is 7.56. The van der Waals surface area contributed by atoms with Crippen molar-refractivity contribution in [1.29, 1.82) is 0 Å². The molecule has 2 unspecified atom stereocenters. The fraction of sp³-hybridized carbons (Fsp3) is 0.333. The Kier molecular flexibility index (Phi) is 7.25. The van der Waals surface area contributed by atoms with Gasteiger partial charge >= 0.3 is 0 Å². The largest absolute Gasteiger partial charge is 0.497 e. The van der Waals surface area contributed by atoms with E-state index in [1.165, 1.54) is 6.08 Å². The van der Waals surface area contributed by atoms with E-state index < -0.39 is 6.04 Å². The molecule has 2 amide bonds. The second kappa shape index (κ2) is 10.1. The van der Waals surface area contributed by atoms with Gasteiger partial charge in [-0.3, -0.25) is 9.59 Å². The summed E-state index contributed by atoms with van der Waals surface area (Å²) < 4.78 is 5.13. The summed E-state index contributed by atoms with van der Waals surface area (Å²) >= 11 is 0. The fourth-order valence-corrected chi connectivity index (χ4v) is 3.60. The van der Waals surface area contributed by atoms with Crippen LogP contribution < -0.4 is 10.1 Å². The predicted octanol–water partition coefficient (Wildman–Crippen LogP) is 2.73. The number of nitrogens with one attached hydrogen (secondary N) is 1. The quantitative estimate of drug-likeness (QED) is 0.748. The molecule has 2 aromatic rings. The van der Waals surface area contributed by atoms with Gasteiger partial charge in [0.2, 0.25) is 11.8 Å². The Morgan fingerprint density at radius 1 is 1.10 bits per heavy atom. The predicted molar refractivity (Wildman–Crippen MR) is 118 cm³/mol. The van der Waals surface area contributed by atoms with E-state index in [9.17, 15) is 9.59 Å². The topological polar surface area (TPSA) is 61.9 Å². The lowest BCUT2D eigenvalue weighted by atomic mass is 10.0. The Morgan fingerprint density at radius 2 is 1.80 bits per heavy atom. The highest BCUT2D eigenvalue weighted by Crippen LogP contribution is 2.25. The molecular weight excluding hydrogens is 378 g/mol. The van der Waals surface area contributed by atoms with Crippen molar-refractivity contribution in [3.05, 3.63) is 71.8 Å². The molecule has 6 nitrogen and oxygen atoms in total. The molecule has 2 atom stereocenters. The number of likely N-dealkylation sites (N-methyl/N-ethyl adjacent to an activating group) is 1. The summed E-state index contributed by atoms with van der Waals surface area (Å²) in [7, 11) is 3.67. The molecule has 1 N–H and O–H groups in total. The van der Waals surface area contributed by atoms with Crippen LogP contribution >= 0.6 is 0 Å². The monoisotopic (exact) mass is 407 g/mol. The zero-order chi connectivity index (χ0) is 21.5. The van der Waals surface area contributed by atoms with Gasteiger partial charge in [-0.15, -0.1) is 0 Å². The van der Waals surface area contributed by atoms with E-state index >= 15 is 0 Å². The minimum absolute atomic E-state index is 0.0216. The number of rotatable bonds is 6. The van der Waals surface area contributed by atoms with Gasteiger partial charge in [0.25, 0.3) is 0 Å². The van der Waals surface area contributed by atoms with Crippen LogP contribution in [-0.4, -0.2) is 61.4 Å². The molecule has 30 heavy (non-hydrogen) atoms. The summed E-state index contributed by atoms with van der Waals surface area (Å²) in [6.07, 6.45) is 3.17. The minimum Gasteiger partial charge on any atom is -0.497 e. The summed E-state index contributed by atoms with van der Waals surface area (Å²) in [5.41, 5.74) is 1.99. The molecule has 2 aromatic carbocycles. The van der Waals surface area contributed by atoms with E-state index in [0.29, 0.717) is 6.54 Å². The van der Waals surface area contributed by atoms with E-state index in [0.717, 1.165) is 30.0 Å². The summed E-state index contributed by atoms with van der Waals surface area (Å²) in [6, 6.07) is 16.8. The van der Waals surface area contributed by atoms with Crippen LogP contribution in [0.1, 0.15) is 24.1 Å². The molecule has 1 aliphatic rings. The Labute approximate surface area is 178 Å². The number of carbonyl (C=O) groups excluding carboxylic acids is 2. The molecule has 6 heteroatoms. The molecule has 1 saturated heterocycles. The van der Waals surface area contributed by atoms with Crippen molar-refractivity contribution in [3.63, 3.8) is 0 Å². The molecule has 1 fully saturated rings. The smallest absolute Gasteiger partial charge is 0.245 e. The standard InChI is InChI=1S/C24H29N3O3/c1-18(25-23(28)14-11-19-9-12-21(30-3)13-10-19)24(29)27-16-15-26(2)17-22(27)20-7-5-4-6-8-20/h4-14,18,22H,15-17H2,1-3H3,(H,25,28)/b14-11-. The van der Waals surface area contributed by atoms with E-state index in [-0.39, 0.29) is 17.9 Å². The van der Waals surface area contributed by atoms with Crippen LogP contribution in [-0.2, 0) is 9.59 Å². The third-order valence-corrected chi connectivity index (χ3v) is 5.32. The van der Waals surface area contributed by atoms with Crippen LogP contribution in [0.2, 0.25) is 0 Å². The Morgan fingerprint density at radius 3 is 2.47 bits per heavy atom. The first-order valence-electron chi connectivity index (χ1n) is 10.1. The molecule has 158 valence electrons. The maximum Gasteiger partial charge on any atom is 0.245 e. The van der Waals surface area contributed by atoms with Crippen molar-refractivity contribution >= 4 is 17.9 Å². The Bertz CT molecular complexity index is 880. The maximum absolute atomic E-state index is 13.1. The number of methoxy groups -OCH3 is 1. The molecule has 0 spiro atoms. The first-order valence-corrected chi connectivity index (χ1v) is 10.1. The number of carbonyl (C=O) groups is 2. The summed E-state index contributed by atoms with van der Waals surface area (Å²) in [5.74, 6) is 0.399. The highest BCUT2D eigenvalue weighted by atomic mass is 16.5. The molecule has 0 bridgehead atoms. The van der Waals surface area contributed by atoms with Crippen LogP contribution in [0.25, 0.3) is 6.08 Å². The second-order valence-electron chi connectivity index (χ2n) is 7.56. The van der Waals surface area contributed by atoms with Gasteiger partial charge in [0.1, 0.15) is 11.8 Å². The first kappa shape index (κ1) is 21.6. The number of hydrogen-bond acceptors (Lipinski definition) is 4. The van der Waals surface area contributed by atoms with E-state index in [2.05, 4.69) is 17.3 Å². The summed E-state index contributed by atoms with van der Waals surface area (Å²) in [6.45, 7) is 3.96. The Balaban J connectivity index is 1.63. The SMILES string of the molecule is COc1ccc(/C=C\C(=O)NC(C)C(=O)N2CCN(C)CC2c2ccccc2)cc1. The van der Waals surface area contributed by atoms with Gasteiger partial charge in [-0.1, -0.05) is 42.5 Å². The van der Waals surface area contributed by atoms with Crippen LogP contribution in [0.4, 0.5) is 0 Å². The molecule has 3 rings (SSSR count). The Hall–Kier alpha value is -3.12. The average Bonchev–Trinajstić information content (AvgIpc) is 2.78. The zero-order valence-electron chi connectivity index (χ0n) is 17.7. The fourth-order valence-electron chi connectivity index (χ4n) is 3.60. The van der Waals surface area contributed by atoms with E-state index in [1.54, 1.807) is 20.1 Å². The number of piperazine rings is 1. The van der Waals surface area contributed by atoms with Gasteiger partial charge in [-0.2, -0.15) is 0 Å². The minimum atomic E-state index is -0.604. The van der Waals surface area contributed by atoms with Gasteiger partial charge in [0, 0.05) is 25.7 Å². The number of amides is 2. The molecule has 1 heterocycles. The summed E-state index contributed by atoms with van der Waals surface area (Å²) in [5, 5.41) is 2.80. The van der Waals surface area contributed by atoms with Crippen molar-refractivity contribution in [1.82, 2.24) is 15.1 Å². The number of benzene rings is 2. The molecule has 0 aliphatic carbocycles. The van der Waals surface area contributed by atoms with Crippen LogP contribution in [0, 0.1) is 0 Å². The molecule has 0 radical (unpaired) electrons. The van der Waals surface area contributed by atoms with Gasteiger partial charge in [-0.05, 0) is 43.3 Å². The average molecular weight is 408 g/mol. The summed E-state index contributed by atoms with van der Waals surface area (Å²) in [4.78, 5) is 29.6. The highest BCUT2D eigenvalue weighted by molar-refractivity contribution is 5.95. The van der Waals surface area contributed by atoms with Crippen LogP contribution in [0.15, 0.2) is 60.7 Å². The highest BCUT2D eigenvalue weighted by Gasteiger charge is 2.32. The lowest BCUT2D eigenvalue weighted by molar-refractivity contribution is -0.139. The van der Waals surface area contributed by atoms with Gasteiger partial charge in [-0.25, -0.2) is 0 Å². The van der Waals surface area contributed by atoms with Crippen molar-refractivity contribution in [2.24, 2.45) is 0 Å². The number of ether oxygens (including phenoxy) is 1. The van der Waals surface area contributed by atoms with E-state index in [1.807, 2.05) is 59.5 Å². The van der Waals surface area contributed by atoms with Gasteiger partial charge in [0.15, 0.2) is 0 Å². The van der Waals surface area contributed by atoms with Crippen LogP contribution in [0.3, 0.4) is 0 Å². The molecule has 0 aromatic heterocycles. The normalized spacial score (nSPS) is 18.2. The van der Waals surface area contributed by atoms with Crippen molar-refractivity contribution in [2.75, 3.05) is 33.8 Å². The molecule has 1 aliphatic heterocycles. The number of nitrogens with zero attached hydrogens (tertiary/aromatic N) is 2. The van der Waals surface area contributed by atoms with Gasteiger partial charge in [0.05, 0.1) is 13.2 Å². The van der Waals surface area contributed by atoms with Crippen LogP contribution in [0.5, 0.6) is 5.75 Å². The third-order valence-electron chi connectivity index (χ3n) is 5.32. The van der Waals surface area contributed by atoms with Crippen molar-refractivity contribution in [3.8, 4) is 5.75 Å². The zero-order valence-corrected chi connectivity index (χ0v) is 17.7. The lowest BCUT2D eigenvalue weighted by Gasteiger charge is -2.41.